The summed E-state index contributed by atoms with van der Waals surface area (Å²) < 4.78 is 0. The van der Waals surface area contributed by atoms with Gasteiger partial charge in [0.1, 0.15) is 0 Å². The van der Waals surface area contributed by atoms with Crippen LogP contribution in [0.5, 0.6) is 0 Å². The van der Waals surface area contributed by atoms with Gasteiger partial charge in [0.15, 0.2) is 0 Å². The number of nitrogens with two attached hydrogens (primary N) is 1. The van der Waals surface area contributed by atoms with E-state index in [-0.39, 0.29) is 12.2 Å². The van der Waals surface area contributed by atoms with Gasteiger partial charge in [-0.3, -0.25) is 4.79 Å². The van der Waals surface area contributed by atoms with E-state index in [2.05, 4.69) is 5.10 Å². The van der Waals surface area contributed by atoms with Crippen LogP contribution in [0.2, 0.25) is 0 Å². The van der Waals surface area contributed by atoms with Crippen LogP contribution >= 0.6 is 0 Å². The normalized spacial score (nSPS) is 9.91. The molecule has 1 heterocycles. The molecule has 0 spiro atoms. The van der Waals surface area contributed by atoms with Crippen molar-refractivity contribution in [2.24, 2.45) is 0 Å². The van der Waals surface area contributed by atoms with Crippen molar-refractivity contribution in [3.05, 3.63) is 28.2 Å². The lowest BCUT2D eigenvalue weighted by Gasteiger charge is -1.98. The molecule has 0 aliphatic rings. The molecule has 5 heteroatoms. The zero-order valence-electron chi connectivity index (χ0n) is 5.90. The van der Waals surface area contributed by atoms with E-state index in [1.165, 1.54) is 6.20 Å². The van der Waals surface area contributed by atoms with E-state index in [0.29, 0.717) is 12.0 Å². The second-order valence-electron chi connectivity index (χ2n) is 2.08. The highest BCUT2D eigenvalue weighted by Gasteiger charge is 1.99. The first-order chi connectivity index (χ1) is 5.25. The van der Waals surface area contributed by atoms with Crippen LogP contribution < -0.4 is 11.4 Å². The van der Waals surface area contributed by atoms with Crippen LogP contribution in [0.4, 0.5) is 0 Å². The first-order valence-corrected chi connectivity index (χ1v) is 3.19. The third-order valence-electron chi connectivity index (χ3n) is 1.33. The van der Waals surface area contributed by atoms with E-state index in [1.807, 2.05) is 0 Å². The van der Waals surface area contributed by atoms with Crippen LogP contribution in [0.15, 0.2) is 17.1 Å². The summed E-state index contributed by atoms with van der Waals surface area (Å²) in [5, 5.41) is 12.0. The Kier molecular flexibility index (Phi) is 2.22. The molecular weight excluding hydrogens is 146 g/mol. The van der Waals surface area contributed by atoms with Crippen LogP contribution in [0.1, 0.15) is 5.56 Å². The smallest absolute Gasteiger partial charge is 0.288 e. The fraction of sp³-hybridized carbons (Fsp3) is 0.333. The molecule has 3 N–H and O–H groups in total. The molecule has 0 saturated carbocycles. The van der Waals surface area contributed by atoms with Crippen molar-refractivity contribution in [2.75, 3.05) is 12.4 Å². The highest BCUT2D eigenvalue weighted by molar-refractivity contribution is 5.06. The highest BCUT2D eigenvalue weighted by atomic mass is 16.3. The number of nitrogens with zero attached hydrogens (tertiary/aromatic N) is 2. The van der Waals surface area contributed by atoms with Gasteiger partial charge in [0, 0.05) is 18.6 Å². The molecule has 0 amide bonds. The summed E-state index contributed by atoms with van der Waals surface area (Å²) >= 11 is 0. The molecule has 1 aromatic rings. The van der Waals surface area contributed by atoms with Gasteiger partial charge < -0.3 is 10.9 Å². The van der Waals surface area contributed by atoms with Gasteiger partial charge in [-0.05, 0) is 6.07 Å². The first-order valence-electron chi connectivity index (χ1n) is 3.19. The average molecular weight is 155 g/mol. The standard InChI is InChI=1S/C6H9N3O2/c7-9-6(11)5(2-4-10)1-3-8-9/h1,3,10H,2,4,7H2. The van der Waals surface area contributed by atoms with Gasteiger partial charge in [0.2, 0.25) is 0 Å². The lowest BCUT2D eigenvalue weighted by atomic mass is 10.2. The minimum Gasteiger partial charge on any atom is -0.396 e. The van der Waals surface area contributed by atoms with Crippen molar-refractivity contribution in [3.63, 3.8) is 0 Å². The van der Waals surface area contributed by atoms with Gasteiger partial charge in [-0.1, -0.05) is 0 Å². The summed E-state index contributed by atoms with van der Waals surface area (Å²) in [5.74, 6) is 5.16. The van der Waals surface area contributed by atoms with Crippen molar-refractivity contribution >= 4 is 0 Å². The van der Waals surface area contributed by atoms with E-state index < -0.39 is 0 Å². The highest BCUT2D eigenvalue weighted by Crippen LogP contribution is 1.87. The Bertz CT molecular complexity index is 294. The maximum Gasteiger partial charge on any atom is 0.288 e. The Morgan fingerprint density at radius 1 is 1.73 bits per heavy atom. The fourth-order valence-electron chi connectivity index (χ4n) is 0.777. The van der Waals surface area contributed by atoms with E-state index in [0.717, 1.165) is 4.79 Å². The van der Waals surface area contributed by atoms with Crippen LogP contribution in [0.25, 0.3) is 0 Å². The van der Waals surface area contributed by atoms with E-state index in [4.69, 9.17) is 10.9 Å². The Morgan fingerprint density at radius 3 is 3.09 bits per heavy atom. The molecule has 0 bridgehead atoms. The number of nitrogen functional groups attached to an aromatic ring is 1. The summed E-state index contributed by atoms with van der Waals surface area (Å²) in [5.41, 5.74) is 0.117. The third kappa shape index (κ3) is 1.56. The predicted octanol–water partition coefficient (Wildman–Crippen LogP) is -1.51. The number of hydrogen-bond donors (Lipinski definition) is 2. The molecular formula is C6H9N3O2. The third-order valence-corrected chi connectivity index (χ3v) is 1.33. The number of aliphatic hydroxyl groups excluding tert-OH is 1. The number of rotatable bonds is 2. The van der Waals surface area contributed by atoms with Gasteiger partial charge in [-0.25, -0.2) is 0 Å². The molecule has 0 aliphatic carbocycles. The lowest BCUT2D eigenvalue weighted by Crippen LogP contribution is -2.32. The SMILES string of the molecule is Nn1nccc(CCO)c1=O. The molecule has 5 nitrogen and oxygen atoms in total. The molecule has 0 atom stereocenters. The molecule has 11 heavy (non-hydrogen) atoms. The zero-order chi connectivity index (χ0) is 8.27. The van der Waals surface area contributed by atoms with Crippen LogP contribution in [-0.4, -0.2) is 21.6 Å². The van der Waals surface area contributed by atoms with Crippen molar-refractivity contribution in [3.8, 4) is 0 Å². The van der Waals surface area contributed by atoms with Crippen LogP contribution in [0.3, 0.4) is 0 Å². The minimum atomic E-state index is -0.360. The lowest BCUT2D eigenvalue weighted by molar-refractivity contribution is 0.299. The second kappa shape index (κ2) is 3.16. The van der Waals surface area contributed by atoms with E-state index in [9.17, 15) is 4.79 Å². The molecule has 1 aromatic heterocycles. The number of aromatic nitrogens is 2. The summed E-state index contributed by atoms with van der Waals surface area (Å²) in [6, 6.07) is 1.54. The number of hydrogen-bond acceptors (Lipinski definition) is 4. The molecule has 0 radical (unpaired) electrons. The van der Waals surface area contributed by atoms with Gasteiger partial charge in [0.25, 0.3) is 5.56 Å². The Labute approximate surface area is 63.0 Å². The molecule has 0 aliphatic heterocycles. The topological polar surface area (TPSA) is 81.1 Å². The zero-order valence-corrected chi connectivity index (χ0v) is 5.90. The number of aliphatic hydroxyl groups is 1. The molecule has 0 fully saturated rings. The van der Waals surface area contributed by atoms with Crippen molar-refractivity contribution < 1.29 is 5.11 Å². The van der Waals surface area contributed by atoms with Crippen LogP contribution in [0, 0.1) is 0 Å². The van der Waals surface area contributed by atoms with Gasteiger partial charge in [0.05, 0.1) is 6.20 Å². The van der Waals surface area contributed by atoms with Gasteiger partial charge in [-0.15, -0.1) is 4.79 Å². The van der Waals surface area contributed by atoms with Gasteiger partial charge in [-0.2, -0.15) is 5.10 Å². The molecule has 0 unspecified atom stereocenters. The quantitative estimate of drug-likeness (QED) is 0.509. The molecule has 1 rings (SSSR count). The first kappa shape index (κ1) is 7.74. The molecule has 60 valence electrons. The molecule has 0 saturated heterocycles. The monoisotopic (exact) mass is 155 g/mol. The summed E-state index contributed by atoms with van der Waals surface area (Å²) in [4.78, 5) is 11.8. The Morgan fingerprint density at radius 2 is 2.45 bits per heavy atom. The van der Waals surface area contributed by atoms with E-state index in [1.54, 1.807) is 6.07 Å². The summed E-state index contributed by atoms with van der Waals surface area (Å²) in [6.07, 6.45) is 1.74. The largest absolute Gasteiger partial charge is 0.396 e. The molecule has 0 aromatic carbocycles. The summed E-state index contributed by atoms with van der Waals surface area (Å²) in [6.45, 7) is -0.0563. The fourth-order valence-corrected chi connectivity index (χ4v) is 0.777. The Balaban J connectivity index is 3.07. The summed E-state index contributed by atoms with van der Waals surface area (Å²) in [7, 11) is 0. The van der Waals surface area contributed by atoms with Crippen molar-refractivity contribution in [1.82, 2.24) is 9.89 Å². The Hall–Kier alpha value is -1.36. The van der Waals surface area contributed by atoms with E-state index >= 15 is 0 Å². The minimum absolute atomic E-state index is 0.0563. The maximum atomic E-state index is 11.0. The van der Waals surface area contributed by atoms with Crippen LogP contribution in [-0.2, 0) is 6.42 Å². The van der Waals surface area contributed by atoms with Crippen molar-refractivity contribution in [1.29, 1.82) is 0 Å². The maximum absolute atomic E-state index is 11.0. The van der Waals surface area contributed by atoms with Gasteiger partial charge >= 0.3 is 0 Å². The second-order valence-corrected chi connectivity index (χ2v) is 2.08. The average Bonchev–Trinajstić information content (AvgIpc) is 1.99. The predicted molar refractivity (Wildman–Crippen MR) is 39.4 cm³/mol. The van der Waals surface area contributed by atoms with Crippen molar-refractivity contribution in [2.45, 2.75) is 6.42 Å².